The average molecular weight is 329 g/mol. The molecule has 0 spiro atoms. The predicted molar refractivity (Wildman–Crippen MR) is 77.4 cm³/mol. The molecule has 1 atom stereocenters. The number of hydrogen-bond acceptors (Lipinski definition) is 1. The van der Waals surface area contributed by atoms with Gasteiger partial charge in [-0.05, 0) is 71.9 Å². The van der Waals surface area contributed by atoms with Crippen LogP contribution in [0.5, 0.6) is 0 Å². The van der Waals surface area contributed by atoms with Crippen molar-refractivity contribution in [2.24, 2.45) is 11.7 Å². The Labute approximate surface area is 112 Å². The largest absolute Gasteiger partial charge is 0.327 e. The molecule has 0 aliphatic heterocycles. The standard InChI is InChI=1S/C14H20IN/c15-13-8-5-11(6-9-13)7-10-14(16)12-3-1-2-4-12/h5-6,8-9,12,14H,1-4,7,10,16H2. The second-order valence-electron chi connectivity index (χ2n) is 4.87. The van der Waals surface area contributed by atoms with E-state index in [1.165, 1.54) is 34.8 Å². The maximum atomic E-state index is 6.26. The van der Waals surface area contributed by atoms with Crippen LogP contribution in [0.15, 0.2) is 24.3 Å². The molecule has 16 heavy (non-hydrogen) atoms. The van der Waals surface area contributed by atoms with Crippen LogP contribution in [0.3, 0.4) is 0 Å². The summed E-state index contributed by atoms with van der Waals surface area (Å²) in [5, 5.41) is 0. The van der Waals surface area contributed by atoms with Gasteiger partial charge in [-0.1, -0.05) is 25.0 Å². The quantitative estimate of drug-likeness (QED) is 0.837. The first-order valence-corrected chi connectivity index (χ1v) is 7.33. The third kappa shape index (κ3) is 3.45. The van der Waals surface area contributed by atoms with Crippen LogP contribution >= 0.6 is 22.6 Å². The molecule has 1 aromatic carbocycles. The van der Waals surface area contributed by atoms with E-state index in [0.29, 0.717) is 6.04 Å². The van der Waals surface area contributed by atoms with Crippen LogP contribution in [-0.2, 0) is 6.42 Å². The number of hydrogen-bond donors (Lipinski definition) is 1. The number of aryl methyl sites for hydroxylation is 1. The summed E-state index contributed by atoms with van der Waals surface area (Å²) in [6, 6.07) is 9.22. The summed E-state index contributed by atoms with van der Waals surface area (Å²) in [7, 11) is 0. The molecule has 2 rings (SSSR count). The molecule has 2 N–H and O–H groups in total. The van der Waals surface area contributed by atoms with Crippen molar-refractivity contribution < 1.29 is 0 Å². The third-order valence-electron chi connectivity index (χ3n) is 3.68. The first kappa shape index (κ1) is 12.4. The van der Waals surface area contributed by atoms with Crippen molar-refractivity contribution in [1.29, 1.82) is 0 Å². The molecule has 0 aromatic heterocycles. The van der Waals surface area contributed by atoms with Gasteiger partial charge in [0.1, 0.15) is 0 Å². The minimum Gasteiger partial charge on any atom is -0.327 e. The summed E-state index contributed by atoms with van der Waals surface area (Å²) >= 11 is 2.34. The zero-order valence-corrected chi connectivity index (χ0v) is 11.8. The molecule has 88 valence electrons. The Hall–Kier alpha value is -0.0900. The van der Waals surface area contributed by atoms with Gasteiger partial charge < -0.3 is 5.73 Å². The Morgan fingerprint density at radius 1 is 1.19 bits per heavy atom. The van der Waals surface area contributed by atoms with Crippen molar-refractivity contribution in [3.63, 3.8) is 0 Å². The van der Waals surface area contributed by atoms with E-state index in [-0.39, 0.29) is 0 Å². The summed E-state index contributed by atoms with van der Waals surface area (Å²) in [5.74, 6) is 0.795. The monoisotopic (exact) mass is 329 g/mol. The highest BCUT2D eigenvalue weighted by Gasteiger charge is 2.21. The van der Waals surface area contributed by atoms with Gasteiger partial charge in [-0.3, -0.25) is 0 Å². The smallest absolute Gasteiger partial charge is 0.0130 e. The minimum absolute atomic E-state index is 0.418. The Morgan fingerprint density at radius 2 is 1.81 bits per heavy atom. The Balaban J connectivity index is 1.80. The van der Waals surface area contributed by atoms with Crippen molar-refractivity contribution in [2.45, 2.75) is 44.6 Å². The van der Waals surface area contributed by atoms with E-state index < -0.39 is 0 Å². The molecule has 1 aliphatic rings. The third-order valence-corrected chi connectivity index (χ3v) is 4.40. The Morgan fingerprint density at radius 3 is 2.44 bits per heavy atom. The summed E-state index contributed by atoms with van der Waals surface area (Å²) in [4.78, 5) is 0. The zero-order valence-electron chi connectivity index (χ0n) is 9.66. The van der Waals surface area contributed by atoms with Crippen molar-refractivity contribution in [2.75, 3.05) is 0 Å². The van der Waals surface area contributed by atoms with E-state index in [0.717, 1.165) is 18.8 Å². The van der Waals surface area contributed by atoms with E-state index in [2.05, 4.69) is 46.9 Å². The van der Waals surface area contributed by atoms with Gasteiger partial charge in [0, 0.05) is 9.61 Å². The molecule has 0 heterocycles. The molecule has 1 nitrogen and oxygen atoms in total. The molecular weight excluding hydrogens is 309 g/mol. The van der Waals surface area contributed by atoms with E-state index in [1.54, 1.807) is 0 Å². The molecule has 1 saturated carbocycles. The van der Waals surface area contributed by atoms with Gasteiger partial charge >= 0.3 is 0 Å². The normalized spacial score (nSPS) is 18.9. The topological polar surface area (TPSA) is 26.0 Å². The van der Waals surface area contributed by atoms with Crippen LogP contribution in [0.2, 0.25) is 0 Å². The Bertz CT molecular complexity index is 314. The van der Waals surface area contributed by atoms with Gasteiger partial charge in [0.05, 0.1) is 0 Å². The van der Waals surface area contributed by atoms with Crippen molar-refractivity contribution in [3.8, 4) is 0 Å². The van der Waals surface area contributed by atoms with Gasteiger partial charge in [-0.25, -0.2) is 0 Å². The lowest BCUT2D eigenvalue weighted by Gasteiger charge is -2.18. The van der Waals surface area contributed by atoms with Crippen LogP contribution in [0.4, 0.5) is 0 Å². The summed E-state index contributed by atoms with van der Waals surface area (Å²) in [5.41, 5.74) is 7.68. The fourth-order valence-corrected chi connectivity index (χ4v) is 2.97. The van der Waals surface area contributed by atoms with Crippen LogP contribution in [-0.4, -0.2) is 6.04 Å². The van der Waals surface area contributed by atoms with Crippen LogP contribution in [0, 0.1) is 9.49 Å². The molecule has 1 aliphatic carbocycles. The molecule has 0 bridgehead atoms. The molecule has 1 aromatic rings. The fourth-order valence-electron chi connectivity index (χ4n) is 2.61. The lowest BCUT2D eigenvalue weighted by molar-refractivity contribution is 0.410. The van der Waals surface area contributed by atoms with E-state index in [1.807, 2.05) is 0 Å². The average Bonchev–Trinajstić information content (AvgIpc) is 2.81. The summed E-state index contributed by atoms with van der Waals surface area (Å²) < 4.78 is 1.31. The van der Waals surface area contributed by atoms with Crippen LogP contribution in [0.1, 0.15) is 37.7 Å². The highest BCUT2D eigenvalue weighted by atomic mass is 127. The lowest BCUT2D eigenvalue weighted by atomic mass is 9.93. The van der Waals surface area contributed by atoms with Gasteiger partial charge in [-0.15, -0.1) is 0 Å². The van der Waals surface area contributed by atoms with Crippen molar-refractivity contribution in [3.05, 3.63) is 33.4 Å². The molecule has 1 unspecified atom stereocenters. The number of rotatable bonds is 4. The first-order valence-electron chi connectivity index (χ1n) is 6.26. The maximum Gasteiger partial charge on any atom is 0.0130 e. The highest BCUT2D eigenvalue weighted by Crippen LogP contribution is 2.28. The molecular formula is C14H20IN. The van der Waals surface area contributed by atoms with Gasteiger partial charge in [-0.2, -0.15) is 0 Å². The van der Waals surface area contributed by atoms with Crippen molar-refractivity contribution in [1.82, 2.24) is 0 Å². The fraction of sp³-hybridized carbons (Fsp3) is 0.571. The Kier molecular flexibility index (Phi) is 4.65. The SMILES string of the molecule is NC(CCc1ccc(I)cc1)C1CCCC1. The van der Waals surface area contributed by atoms with Crippen LogP contribution in [0.25, 0.3) is 0 Å². The van der Waals surface area contributed by atoms with E-state index >= 15 is 0 Å². The molecule has 0 saturated heterocycles. The molecule has 0 radical (unpaired) electrons. The number of halogens is 1. The van der Waals surface area contributed by atoms with Gasteiger partial charge in [0.15, 0.2) is 0 Å². The first-order chi connectivity index (χ1) is 7.75. The van der Waals surface area contributed by atoms with Crippen LogP contribution < -0.4 is 5.73 Å². The van der Waals surface area contributed by atoms with Crippen molar-refractivity contribution >= 4 is 22.6 Å². The van der Waals surface area contributed by atoms with E-state index in [9.17, 15) is 0 Å². The van der Waals surface area contributed by atoms with Gasteiger partial charge in [0.25, 0.3) is 0 Å². The molecule has 2 heteroatoms. The minimum atomic E-state index is 0.418. The predicted octanol–water partition coefficient (Wildman–Crippen LogP) is 3.74. The number of nitrogens with two attached hydrogens (primary N) is 1. The zero-order chi connectivity index (χ0) is 11.4. The second kappa shape index (κ2) is 6.01. The lowest BCUT2D eigenvalue weighted by Crippen LogP contribution is -2.28. The van der Waals surface area contributed by atoms with E-state index in [4.69, 9.17) is 5.73 Å². The summed E-state index contributed by atoms with van der Waals surface area (Å²) in [6.07, 6.45) is 7.77. The van der Waals surface area contributed by atoms with Gasteiger partial charge in [0.2, 0.25) is 0 Å². The molecule has 1 fully saturated rings. The second-order valence-corrected chi connectivity index (χ2v) is 6.12. The highest BCUT2D eigenvalue weighted by molar-refractivity contribution is 14.1. The number of benzene rings is 1. The molecule has 0 amide bonds. The summed E-state index contributed by atoms with van der Waals surface area (Å²) in [6.45, 7) is 0. The maximum absolute atomic E-state index is 6.26.